The molecular weight excluding hydrogens is 316 g/mol. The van der Waals surface area contributed by atoms with E-state index in [9.17, 15) is 9.59 Å². The van der Waals surface area contributed by atoms with Crippen LogP contribution >= 0.6 is 15.9 Å². The number of benzene rings is 1. The van der Waals surface area contributed by atoms with Crippen LogP contribution < -0.4 is 9.47 Å². The van der Waals surface area contributed by atoms with Crippen LogP contribution in [0.1, 0.15) is 29.6 Å². The van der Waals surface area contributed by atoms with Gasteiger partial charge in [-0.1, -0.05) is 0 Å². The highest BCUT2D eigenvalue weighted by molar-refractivity contribution is 9.10. The molecule has 5 nitrogen and oxygen atoms in total. The normalized spacial score (nSPS) is 10.1. The minimum atomic E-state index is -0.907. The molecule has 19 heavy (non-hydrogen) atoms. The summed E-state index contributed by atoms with van der Waals surface area (Å²) in [4.78, 5) is 22.4. The zero-order chi connectivity index (χ0) is 14.4. The van der Waals surface area contributed by atoms with E-state index in [1.165, 1.54) is 14.2 Å². The van der Waals surface area contributed by atoms with Gasteiger partial charge in [0.25, 0.3) is 0 Å². The molecular formula is C13H15BrO5. The molecule has 0 saturated heterocycles. The number of ether oxygens (including phenoxy) is 2. The van der Waals surface area contributed by atoms with Crippen molar-refractivity contribution in [1.82, 2.24) is 0 Å². The van der Waals surface area contributed by atoms with Crippen molar-refractivity contribution in [3.63, 3.8) is 0 Å². The Morgan fingerprint density at radius 1 is 1.16 bits per heavy atom. The van der Waals surface area contributed by atoms with Crippen LogP contribution in [0.5, 0.6) is 11.5 Å². The molecule has 0 aliphatic rings. The van der Waals surface area contributed by atoms with Gasteiger partial charge in [-0.2, -0.15) is 0 Å². The standard InChI is InChI=1S/C13H15BrO5/c1-18-11-7-12(19-2)9(14)6-8(11)10(15)4-3-5-13(16)17/h6-7H,3-5H2,1-2H3,(H,16,17). The van der Waals surface area contributed by atoms with Crippen LogP contribution in [0, 0.1) is 0 Å². The Morgan fingerprint density at radius 3 is 2.32 bits per heavy atom. The van der Waals surface area contributed by atoms with Gasteiger partial charge < -0.3 is 14.6 Å². The van der Waals surface area contributed by atoms with Gasteiger partial charge in [0.15, 0.2) is 5.78 Å². The number of hydrogen-bond donors (Lipinski definition) is 1. The second kappa shape index (κ2) is 7.13. The quantitative estimate of drug-likeness (QED) is 0.778. The molecule has 1 aromatic rings. The molecule has 0 unspecified atom stereocenters. The maximum atomic E-state index is 12.0. The Hall–Kier alpha value is -1.56. The Balaban J connectivity index is 2.89. The summed E-state index contributed by atoms with van der Waals surface area (Å²) < 4.78 is 10.9. The zero-order valence-electron chi connectivity index (χ0n) is 10.7. The third-order valence-electron chi connectivity index (χ3n) is 2.57. The number of carbonyl (C=O) groups is 2. The molecule has 104 valence electrons. The van der Waals surface area contributed by atoms with Gasteiger partial charge in [0.2, 0.25) is 0 Å². The largest absolute Gasteiger partial charge is 0.496 e. The highest BCUT2D eigenvalue weighted by atomic mass is 79.9. The molecule has 0 spiro atoms. The van der Waals surface area contributed by atoms with Crippen LogP contribution in [0.4, 0.5) is 0 Å². The maximum absolute atomic E-state index is 12.0. The lowest BCUT2D eigenvalue weighted by Crippen LogP contribution is -2.04. The summed E-state index contributed by atoms with van der Waals surface area (Å²) >= 11 is 3.30. The van der Waals surface area contributed by atoms with Gasteiger partial charge in [-0.05, 0) is 28.4 Å². The van der Waals surface area contributed by atoms with Crippen LogP contribution in [0.15, 0.2) is 16.6 Å². The molecule has 0 fully saturated rings. The monoisotopic (exact) mass is 330 g/mol. The summed E-state index contributed by atoms with van der Waals surface area (Å²) in [5.41, 5.74) is 0.417. The number of halogens is 1. The highest BCUT2D eigenvalue weighted by Gasteiger charge is 2.16. The first kappa shape index (κ1) is 15.5. The summed E-state index contributed by atoms with van der Waals surface area (Å²) in [5.74, 6) is -0.0727. The molecule has 0 aliphatic carbocycles. The fourth-order valence-corrected chi connectivity index (χ4v) is 2.12. The minimum Gasteiger partial charge on any atom is -0.496 e. The molecule has 0 aliphatic heterocycles. The van der Waals surface area contributed by atoms with Gasteiger partial charge in [-0.15, -0.1) is 0 Å². The lowest BCUT2D eigenvalue weighted by molar-refractivity contribution is -0.137. The topological polar surface area (TPSA) is 72.8 Å². The average Bonchev–Trinajstić information content (AvgIpc) is 2.37. The second-order valence-electron chi connectivity index (χ2n) is 3.86. The SMILES string of the molecule is COc1cc(OC)c(C(=O)CCCC(=O)O)cc1Br. The number of hydrogen-bond acceptors (Lipinski definition) is 4. The molecule has 1 N–H and O–H groups in total. The first-order chi connectivity index (χ1) is 8.99. The number of rotatable bonds is 7. The maximum Gasteiger partial charge on any atom is 0.303 e. The second-order valence-corrected chi connectivity index (χ2v) is 4.71. The van der Waals surface area contributed by atoms with Crippen molar-refractivity contribution >= 4 is 27.7 Å². The van der Waals surface area contributed by atoms with Crippen molar-refractivity contribution in [1.29, 1.82) is 0 Å². The van der Waals surface area contributed by atoms with Crippen LogP contribution in [0.25, 0.3) is 0 Å². The zero-order valence-corrected chi connectivity index (χ0v) is 12.3. The predicted octanol–water partition coefficient (Wildman–Crippen LogP) is 2.90. The highest BCUT2D eigenvalue weighted by Crippen LogP contribution is 2.33. The summed E-state index contributed by atoms with van der Waals surface area (Å²) in [6.45, 7) is 0. The smallest absolute Gasteiger partial charge is 0.303 e. The Kier molecular flexibility index (Phi) is 5.82. The molecule has 1 rings (SSSR count). The van der Waals surface area contributed by atoms with Crippen LogP contribution in [0.3, 0.4) is 0 Å². The number of Topliss-reactive ketones (excluding diaryl/α,β-unsaturated/α-hetero) is 1. The summed E-state index contributed by atoms with van der Waals surface area (Å²) in [5, 5.41) is 8.55. The molecule has 0 heterocycles. The number of methoxy groups -OCH3 is 2. The minimum absolute atomic E-state index is 0.0224. The lowest BCUT2D eigenvalue weighted by atomic mass is 10.0. The third kappa shape index (κ3) is 4.24. The summed E-state index contributed by atoms with van der Waals surface area (Å²) in [7, 11) is 2.99. The molecule has 1 aromatic carbocycles. The Labute approximate surface area is 119 Å². The van der Waals surface area contributed by atoms with E-state index in [2.05, 4.69) is 15.9 Å². The van der Waals surface area contributed by atoms with Crippen LogP contribution in [-0.4, -0.2) is 31.1 Å². The fourth-order valence-electron chi connectivity index (χ4n) is 1.61. The number of carboxylic acid groups (broad SMARTS) is 1. The number of carboxylic acids is 1. The van der Waals surface area contributed by atoms with Gasteiger partial charge in [-0.3, -0.25) is 9.59 Å². The van der Waals surface area contributed by atoms with E-state index in [0.717, 1.165) is 0 Å². The van der Waals surface area contributed by atoms with Crippen LogP contribution in [0.2, 0.25) is 0 Å². The first-order valence-corrected chi connectivity index (χ1v) is 6.45. The van der Waals surface area contributed by atoms with Crippen molar-refractivity contribution in [2.45, 2.75) is 19.3 Å². The van der Waals surface area contributed by atoms with E-state index < -0.39 is 5.97 Å². The number of carbonyl (C=O) groups excluding carboxylic acids is 1. The molecule has 0 radical (unpaired) electrons. The number of aliphatic carboxylic acids is 1. The van der Waals surface area contributed by atoms with Gasteiger partial charge >= 0.3 is 5.97 Å². The van der Waals surface area contributed by atoms with Gasteiger partial charge in [0.05, 0.1) is 24.3 Å². The molecule has 0 saturated carbocycles. The molecule has 0 amide bonds. The van der Waals surface area contributed by atoms with Gasteiger partial charge in [0, 0.05) is 18.9 Å². The average molecular weight is 331 g/mol. The van der Waals surface area contributed by atoms with Crippen LogP contribution in [-0.2, 0) is 4.79 Å². The van der Waals surface area contributed by atoms with Gasteiger partial charge in [-0.25, -0.2) is 0 Å². The molecule has 0 bridgehead atoms. The molecule has 0 atom stereocenters. The van der Waals surface area contributed by atoms with Crippen molar-refractivity contribution in [2.75, 3.05) is 14.2 Å². The van der Waals surface area contributed by atoms with Crippen molar-refractivity contribution < 1.29 is 24.2 Å². The van der Waals surface area contributed by atoms with Crippen molar-refractivity contribution in [2.24, 2.45) is 0 Å². The fraction of sp³-hybridized carbons (Fsp3) is 0.385. The van der Waals surface area contributed by atoms with E-state index in [-0.39, 0.29) is 18.6 Å². The molecule has 6 heteroatoms. The van der Waals surface area contributed by atoms with E-state index in [0.29, 0.717) is 28.0 Å². The third-order valence-corrected chi connectivity index (χ3v) is 3.19. The summed E-state index contributed by atoms with van der Waals surface area (Å²) in [6, 6.07) is 3.25. The molecule has 0 aromatic heterocycles. The predicted molar refractivity (Wildman–Crippen MR) is 73.1 cm³/mol. The van der Waals surface area contributed by atoms with E-state index in [4.69, 9.17) is 14.6 Å². The van der Waals surface area contributed by atoms with E-state index >= 15 is 0 Å². The van der Waals surface area contributed by atoms with E-state index in [1.54, 1.807) is 12.1 Å². The lowest BCUT2D eigenvalue weighted by Gasteiger charge is -2.11. The van der Waals surface area contributed by atoms with Gasteiger partial charge in [0.1, 0.15) is 11.5 Å². The van der Waals surface area contributed by atoms with Crippen molar-refractivity contribution in [3.05, 3.63) is 22.2 Å². The van der Waals surface area contributed by atoms with E-state index in [1.807, 2.05) is 0 Å². The Bertz CT molecular complexity index is 484. The van der Waals surface area contributed by atoms with Crippen molar-refractivity contribution in [3.8, 4) is 11.5 Å². The number of ketones is 1. The Morgan fingerprint density at radius 2 is 1.79 bits per heavy atom. The summed E-state index contributed by atoms with van der Waals surface area (Å²) in [6.07, 6.45) is 0.452. The first-order valence-electron chi connectivity index (χ1n) is 5.66.